The van der Waals surface area contributed by atoms with Crippen molar-refractivity contribution in [3.05, 3.63) is 29.8 Å². The molecular weight excluding hydrogens is 318 g/mol. The molecule has 1 amide bonds. The maximum atomic E-state index is 12.6. The third kappa shape index (κ3) is 4.10. The summed E-state index contributed by atoms with van der Waals surface area (Å²) in [4.78, 5) is 25.4. The number of rotatable bonds is 7. The second kappa shape index (κ2) is 6.70. The van der Waals surface area contributed by atoms with Gasteiger partial charge in [-0.15, -0.1) is 0 Å². The van der Waals surface area contributed by atoms with Gasteiger partial charge in [0.25, 0.3) is 5.91 Å². The number of hydrogen-bond donors (Lipinski definition) is 1. The first-order chi connectivity index (χ1) is 10.8. The van der Waals surface area contributed by atoms with Gasteiger partial charge in [0.05, 0.1) is 16.6 Å². The van der Waals surface area contributed by atoms with Gasteiger partial charge >= 0.3 is 5.97 Å². The van der Waals surface area contributed by atoms with Crippen LogP contribution in [0.15, 0.2) is 29.2 Å². The molecular formula is C16H21NO5S. The first-order valence-electron chi connectivity index (χ1n) is 7.63. The number of carbonyl (C=O) groups is 2. The van der Waals surface area contributed by atoms with E-state index in [1.165, 1.54) is 24.3 Å². The van der Waals surface area contributed by atoms with Crippen molar-refractivity contribution < 1.29 is 23.1 Å². The Morgan fingerprint density at radius 2 is 1.83 bits per heavy atom. The first-order valence-corrected chi connectivity index (χ1v) is 9.28. The van der Waals surface area contributed by atoms with Gasteiger partial charge in [0.15, 0.2) is 9.84 Å². The number of benzene rings is 1. The lowest BCUT2D eigenvalue weighted by atomic mass is 10.1. The highest BCUT2D eigenvalue weighted by Gasteiger charge is 2.35. The lowest BCUT2D eigenvalue weighted by molar-refractivity contribution is -0.141. The minimum atomic E-state index is -3.30. The van der Waals surface area contributed by atoms with E-state index in [-0.39, 0.29) is 29.1 Å². The molecule has 1 unspecified atom stereocenters. The molecule has 2 rings (SSSR count). The van der Waals surface area contributed by atoms with E-state index >= 15 is 0 Å². The second-order valence-electron chi connectivity index (χ2n) is 5.86. The average molecular weight is 339 g/mol. The van der Waals surface area contributed by atoms with Crippen LogP contribution in [0.5, 0.6) is 0 Å². The lowest BCUT2D eigenvalue weighted by Crippen LogP contribution is -2.38. The molecule has 1 aliphatic rings. The zero-order chi connectivity index (χ0) is 17.2. The number of nitrogens with zero attached hydrogens (tertiary/aromatic N) is 1. The van der Waals surface area contributed by atoms with Crippen molar-refractivity contribution in [3.63, 3.8) is 0 Å². The predicted molar refractivity (Wildman–Crippen MR) is 85.0 cm³/mol. The van der Waals surface area contributed by atoms with Crippen molar-refractivity contribution in [2.75, 3.05) is 12.3 Å². The van der Waals surface area contributed by atoms with Crippen LogP contribution in [0.1, 0.15) is 37.0 Å². The maximum absolute atomic E-state index is 12.6. The predicted octanol–water partition coefficient (Wildman–Crippen LogP) is 1.81. The summed E-state index contributed by atoms with van der Waals surface area (Å²) >= 11 is 0. The lowest BCUT2D eigenvalue weighted by Gasteiger charge is -2.24. The summed E-state index contributed by atoms with van der Waals surface area (Å²) in [6.07, 6.45) is 1.75. The van der Waals surface area contributed by atoms with Gasteiger partial charge in [-0.1, -0.05) is 13.8 Å². The Balaban J connectivity index is 2.19. The van der Waals surface area contributed by atoms with E-state index in [0.717, 1.165) is 12.8 Å². The van der Waals surface area contributed by atoms with Crippen molar-refractivity contribution in [2.45, 2.75) is 37.6 Å². The molecule has 1 aromatic rings. The molecule has 6 nitrogen and oxygen atoms in total. The average Bonchev–Trinajstić information content (AvgIpc) is 3.36. The smallest absolute Gasteiger partial charge is 0.308 e. The molecule has 1 saturated carbocycles. The van der Waals surface area contributed by atoms with Crippen LogP contribution in [0, 0.1) is 5.92 Å². The van der Waals surface area contributed by atoms with Crippen molar-refractivity contribution in [3.8, 4) is 0 Å². The number of carbonyl (C=O) groups excluding carboxylic acids is 1. The molecule has 0 saturated heterocycles. The van der Waals surface area contributed by atoms with Crippen molar-refractivity contribution in [2.24, 2.45) is 5.92 Å². The molecule has 1 N–H and O–H groups in total. The largest absolute Gasteiger partial charge is 0.481 e. The van der Waals surface area contributed by atoms with E-state index in [1.807, 2.05) is 0 Å². The number of carboxylic acids is 1. The number of hydrogen-bond acceptors (Lipinski definition) is 4. The highest BCUT2D eigenvalue weighted by Crippen LogP contribution is 2.29. The van der Waals surface area contributed by atoms with Gasteiger partial charge in [-0.2, -0.15) is 0 Å². The van der Waals surface area contributed by atoms with Crippen LogP contribution in [0.25, 0.3) is 0 Å². The van der Waals surface area contributed by atoms with Crippen molar-refractivity contribution >= 4 is 21.7 Å². The molecule has 126 valence electrons. The second-order valence-corrected chi connectivity index (χ2v) is 8.13. The van der Waals surface area contributed by atoms with Crippen LogP contribution >= 0.6 is 0 Å². The van der Waals surface area contributed by atoms with Gasteiger partial charge < -0.3 is 10.0 Å². The molecule has 1 atom stereocenters. The van der Waals surface area contributed by atoms with E-state index in [9.17, 15) is 18.0 Å². The van der Waals surface area contributed by atoms with Gasteiger partial charge in [-0.3, -0.25) is 9.59 Å². The summed E-state index contributed by atoms with van der Waals surface area (Å²) < 4.78 is 23.6. The monoisotopic (exact) mass is 339 g/mol. The normalized spacial score (nSPS) is 15.9. The molecule has 0 aliphatic heterocycles. The molecule has 0 spiro atoms. The van der Waals surface area contributed by atoms with Gasteiger partial charge in [0, 0.05) is 18.2 Å². The minimum absolute atomic E-state index is 0.00458. The fourth-order valence-electron chi connectivity index (χ4n) is 2.29. The van der Waals surface area contributed by atoms with Crippen molar-refractivity contribution in [1.29, 1.82) is 0 Å². The van der Waals surface area contributed by atoms with Gasteiger partial charge in [-0.05, 0) is 37.1 Å². The summed E-state index contributed by atoms with van der Waals surface area (Å²) in [7, 11) is -3.30. The summed E-state index contributed by atoms with van der Waals surface area (Å²) in [6, 6.07) is 5.93. The minimum Gasteiger partial charge on any atom is -0.481 e. The molecule has 0 radical (unpaired) electrons. The zero-order valence-electron chi connectivity index (χ0n) is 13.2. The topological polar surface area (TPSA) is 91.8 Å². The molecule has 23 heavy (non-hydrogen) atoms. The van der Waals surface area contributed by atoms with Gasteiger partial charge in [0.2, 0.25) is 0 Å². The molecule has 1 aliphatic carbocycles. The quantitative estimate of drug-likeness (QED) is 0.818. The zero-order valence-corrected chi connectivity index (χ0v) is 14.0. The number of amides is 1. The highest BCUT2D eigenvalue weighted by molar-refractivity contribution is 7.91. The van der Waals surface area contributed by atoms with Crippen LogP contribution in [-0.2, 0) is 14.6 Å². The number of carboxylic acid groups (broad SMARTS) is 1. The van der Waals surface area contributed by atoms with E-state index in [2.05, 4.69) is 0 Å². The van der Waals surface area contributed by atoms with E-state index < -0.39 is 21.7 Å². The van der Waals surface area contributed by atoms with Crippen LogP contribution in [0.2, 0.25) is 0 Å². The standard InChI is InChI=1S/C16H21NO5S/c1-3-23(21,22)14-8-4-12(5-9-14)15(18)17(13-6-7-13)10-11(2)16(19)20/h4-5,8-9,11,13H,3,6-7,10H2,1-2H3,(H,19,20). The summed E-state index contributed by atoms with van der Waals surface area (Å²) in [6.45, 7) is 3.30. The van der Waals surface area contributed by atoms with Crippen LogP contribution in [-0.4, -0.2) is 48.6 Å². The highest BCUT2D eigenvalue weighted by atomic mass is 32.2. The molecule has 0 heterocycles. The fraction of sp³-hybridized carbons (Fsp3) is 0.500. The van der Waals surface area contributed by atoms with Gasteiger partial charge in [0.1, 0.15) is 0 Å². The SMILES string of the molecule is CCS(=O)(=O)c1ccc(C(=O)N(CC(C)C(=O)O)C2CC2)cc1. The third-order valence-electron chi connectivity index (χ3n) is 3.98. The Morgan fingerprint density at radius 3 is 2.26 bits per heavy atom. The summed E-state index contributed by atoms with van der Waals surface area (Å²) in [5.74, 6) is -1.82. The van der Waals surface area contributed by atoms with Crippen LogP contribution in [0.3, 0.4) is 0 Å². The Kier molecular flexibility index (Phi) is 5.09. The molecule has 1 fully saturated rings. The Labute approximate surface area is 136 Å². The number of sulfone groups is 1. The van der Waals surface area contributed by atoms with E-state index in [4.69, 9.17) is 5.11 Å². The van der Waals surface area contributed by atoms with Crippen molar-refractivity contribution in [1.82, 2.24) is 4.90 Å². The van der Waals surface area contributed by atoms with E-state index in [0.29, 0.717) is 5.56 Å². The first kappa shape index (κ1) is 17.5. The molecule has 0 bridgehead atoms. The van der Waals surface area contributed by atoms with Crippen LogP contribution in [0.4, 0.5) is 0 Å². The third-order valence-corrected chi connectivity index (χ3v) is 5.73. The maximum Gasteiger partial charge on any atom is 0.308 e. The Hall–Kier alpha value is -1.89. The van der Waals surface area contributed by atoms with Crippen LogP contribution < -0.4 is 0 Å². The molecule has 0 aromatic heterocycles. The molecule has 1 aromatic carbocycles. The van der Waals surface area contributed by atoms with E-state index in [1.54, 1.807) is 18.7 Å². The van der Waals surface area contributed by atoms with Gasteiger partial charge in [-0.25, -0.2) is 8.42 Å². The summed E-state index contributed by atoms with van der Waals surface area (Å²) in [5, 5.41) is 9.03. The number of aliphatic carboxylic acids is 1. The Bertz CT molecular complexity index is 692. The fourth-order valence-corrected chi connectivity index (χ4v) is 3.18. The Morgan fingerprint density at radius 1 is 1.26 bits per heavy atom. The summed E-state index contributed by atoms with van der Waals surface area (Å²) in [5.41, 5.74) is 0.379. The molecule has 7 heteroatoms.